The van der Waals surface area contributed by atoms with Gasteiger partial charge in [0.05, 0.1) is 11.0 Å². The highest BCUT2D eigenvalue weighted by Gasteiger charge is 2.53. The maximum Gasteiger partial charge on any atom is 0.298 e. The molecular formula is C30H34ClF2N3O4S. The van der Waals surface area contributed by atoms with Crippen LogP contribution < -0.4 is 10.5 Å². The Morgan fingerprint density at radius 1 is 1.00 bits per heavy atom. The number of likely N-dealkylation sites (N-methyl/N-ethyl adjacent to an activating group) is 1. The summed E-state index contributed by atoms with van der Waals surface area (Å²) in [5, 5.41) is 1.60. The first-order valence-electron chi connectivity index (χ1n) is 13.8. The molecule has 1 heterocycles. The Morgan fingerprint density at radius 2 is 1.61 bits per heavy atom. The summed E-state index contributed by atoms with van der Waals surface area (Å²) in [6.45, 7) is 0.338. The summed E-state index contributed by atoms with van der Waals surface area (Å²) in [6.07, 6.45) is 5.35. The molecule has 7 nitrogen and oxygen atoms in total. The average Bonchev–Trinajstić information content (AvgIpc) is 3.46. The van der Waals surface area contributed by atoms with E-state index in [1.807, 2.05) is 6.07 Å². The third-order valence-electron chi connectivity index (χ3n) is 8.09. The summed E-state index contributed by atoms with van der Waals surface area (Å²) in [5.74, 6) is -4.13. The molecule has 1 aliphatic heterocycles. The quantitative estimate of drug-likeness (QED) is 0.364. The Labute approximate surface area is 244 Å². The summed E-state index contributed by atoms with van der Waals surface area (Å²) in [4.78, 5) is 14.7. The van der Waals surface area contributed by atoms with Crippen LogP contribution in [0, 0.1) is 0 Å². The van der Waals surface area contributed by atoms with E-state index < -0.39 is 33.5 Å². The highest BCUT2D eigenvalue weighted by Crippen LogP contribution is 2.38. The van der Waals surface area contributed by atoms with Crippen LogP contribution in [-0.2, 0) is 20.7 Å². The van der Waals surface area contributed by atoms with E-state index in [0.717, 1.165) is 50.2 Å². The van der Waals surface area contributed by atoms with E-state index in [-0.39, 0.29) is 35.2 Å². The average molecular weight is 606 g/mol. The molecule has 3 aromatic rings. The molecule has 220 valence electrons. The number of carbonyl (C=O) groups excluding carboxylic acids is 1. The molecule has 3 aromatic carbocycles. The molecule has 0 spiro atoms. The normalized spacial score (nSPS) is 18.2. The molecule has 1 atom stereocenters. The van der Waals surface area contributed by atoms with Gasteiger partial charge in [0, 0.05) is 36.8 Å². The lowest BCUT2D eigenvalue weighted by atomic mass is 9.98. The monoisotopic (exact) mass is 605 g/mol. The minimum atomic E-state index is -4.53. The zero-order chi connectivity index (χ0) is 29.4. The molecular weight excluding hydrogens is 572 g/mol. The van der Waals surface area contributed by atoms with Crippen LogP contribution >= 0.6 is 11.6 Å². The number of amides is 1. The number of nitrogens with zero attached hydrogens (tertiary/aromatic N) is 2. The molecule has 1 saturated carbocycles. The van der Waals surface area contributed by atoms with Gasteiger partial charge in [-0.3, -0.25) is 4.79 Å². The first-order chi connectivity index (χ1) is 19.5. The molecule has 2 N–H and O–H groups in total. The third-order valence-corrected chi connectivity index (χ3v) is 10.2. The van der Waals surface area contributed by atoms with Gasteiger partial charge in [0.15, 0.2) is 6.04 Å². The first kappa shape index (κ1) is 29.7. The highest BCUT2D eigenvalue weighted by atomic mass is 35.5. The van der Waals surface area contributed by atoms with E-state index in [2.05, 4.69) is 0 Å². The fraction of sp³-hybridized carbons (Fsp3) is 0.433. The number of fused-ring (bicyclic) bond motifs is 1. The van der Waals surface area contributed by atoms with Gasteiger partial charge >= 0.3 is 0 Å². The maximum atomic E-state index is 16.2. The van der Waals surface area contributed by atoms with Gasteiger partial charge in [-0.05, 0) is 85.7 Å². The maximum absolute atomic E-state index is 16.2. The van der Waals surface area contributed by atoms with E-state index >= 15 is 8.78 Å². The summed E-state index contributed by atoms with van der Waals surface area (Å²) in [5.41, 5.74) is 5.44. The lowest BCUT2D eigenvalue weighted by molar-refractivity contribution is -0.151. The van der Waals surface area contributed by atoms with Crippen molar-refractivity contribution in [3.05, 3.63) is 71.2 Å². The molecule has 5 rings (SSSR count). The number of sulfonamides is 1. The number of likely N-dealkylation sites (tertiary alicyclic amines) is 1. The van der Waals surface area contributed by atoms with E-state index in [0.29, 0.717) is 28.3 Å². The number of nitrogens with two attached hydrogens (primary N) is 1. The van der Waals surface area contributed by atoms with Crippen LogP contribution in [0.4, 0.5) is 8.78 Å². The van der Waals surface area contributed by atoms with Gasteiger partial charge in [-0.25, -0.2) is 8.42 Å². The van der Waals surface area contributed by atoms with Gasteiger partial charge in [-0.2, -0.15) is 13.1 Å². The highest BCUT2D eigenvalue weighted by molar-refractivity contribution is 7.89. The molecule has 2 fully saturated rings. The predicted octanol–water partition coefficient (Wildman–Crippen LogP) is 5.55. The molecule has 1 amide bonds. The van der Waals surface area contributed by atoms with Crippen molar-refractivity contribution in [1.82, 2.24) is 9.21 Å². The van der Waals surface area contributed by atoms with Gasteiger partial charge in [0.25, 0.3) is 5.92 Å². The molecule has 1 aliphatic carbocycles. The minimum absolute atomic E-state index is 0.141. The van der Waals surface area contributed by atoms with Crippen LogP contribution in [-0.4, -0.2) is 61.9 Å². The number of hydrogen-bond donors (Lipinski definition) is 1. The van der Waals surface area contributed by atoms with Crippen molar-refractivity contribution < 1.29 is 26.7 Å². The lowest BCUT2D eigenvalue weighted by Gasteiger charge is -2.38. The Morgan fingerprint density at radius 3 is 2.27 bits per heavy atom. The number of piperidine rings is 1. The van der Waals surface area contributed by atoms with E-state index in [4.69, 9.17) is 22.1 Å². The molecule has 0 aromatic heterocycles. The van der Waals surface area contributed by atoms with Gasteiger partial charge < -0.3 is 15.4 Å². The van der Waals surface area contributed by atoms with Crippen molar-refractivity contribution in [1.29, 1.82) is 0 Å². The molecule has 0 unspecified atom stereocenters. The summed E-state index contributed by atoms with van der Waals surface area (Å²) < 4.78 is 66.6. The zero-order valence-corrected chi connectivity index (χ0v) is 24.4. The van der Waals surface area contributed by atoms with Crippen molar-refractivity contribution in [2.45, 2.75) is 67.5 Å². The molecule has 41 heavy (non-hydrogen) atoms. The Kier molecular flexibility index (Phi) is 8.57. The number of carbonyl (C=O) groups is 1. The van der Waals surface area contributed by atoms with Crippen LogP contribution in [0.3, 0.4) is 0 Å². The molecule has 1 saturated heterocycles. The Bertz CT molecular complexity index is 1510. The standard InChI is InChI=1S/C30H34ClF2N3O4S/c1-35(28(29(37)36-16-14-24(34)15-17-36)30(32,33)22-8-10-23(31)11-9-22)41(38,39)27-13-7-20-18-26(12-6-21(20)19-27)40-25-4-2-3-5-25/h6-13,18-19,24-25,28H,2-5,14-17,34H2,1H3/t28-/m0/s1. The van der Waals surface area contributed by atoms with Crippen molar-refractivity contribution >= 4 is 38.3 Å². The van der Waals surface area contributed by atoms with Crippen molar-refractivity contribution in [2.75, 3.05) is 20.1 Å². The number of ether oxygens (including phenoxy) is 1. The lowest BCUT2D eigenvalue weighted by Crippen LogP contribution is -2.58. The zero-order valence-electron chi connectivity index (χ0n) is 22.8. The van der Waals surface area contributed by atoms with E-state index in [1.54, 1.807) is 18.2 Å². The summed E-state index contributed by atoms with van der Waals surface area (Å²) in [6, 6.07) is 12.1. The van der Waals surface area contributed by atoms with Crippen molar-refractivity contribution in [3.8, 4) is 5.75 Å². The minimum Gasteiger partial charge on any atom is -0.490 e. The van der Waals surface area contributed by atoms with Gasteiger partial charge in [0.1, 0.15) is 5.75 Å². The smallest absolute Gasteiger partial charge is 0.298 e. The SMILES string of the molecule is CN([C@@H](C(=O)N1CCC(N)CC1)C(F)(F)c1ccc(Cl)cc1)S(=O)(=O)c1ccc2cc(OC3CCCC3)ccc2c1. The predicted molar refractivity (Wildman–Crippen MR) is 155 cm³/mol. The Balaban J connectivity index is 1.48. The van der Waals surface area contributed by atoms with E-state index in [1.165, 1.54) is 29.2 Å². The van der Waals surface area contributed by atoms with Crippen LogP contribution in [0.1, 0.15) is 44.1 Å². The number of benzene rings is 3. The second kappa shape index (κ2) is 11.8. The van der Waals surface area contributed by atoms with Crippen LogP contribution in [0.25, 0.3) is 10.8 Å². The third kappa shape index (κ3) is 6.21. The number of hydrogen-bond acceptors (Lipinski definition) is 5. The number of rotatable bonds is 8. The first-order valence-corrected chi connectivity index (χ1v) is 15.7. The summed E-state index contributed by atoms with van der Waals surface area (Å²) in [7, 11) is -3.50. The van der Waals surface area contributed by atoms with Crippen LogP contribution in [0.2, 0.25) is 5.02 Å². The van der Waals surface area contributed by atoms with Crippen molar-refractivity contribution in [3.63, 3.8) is 0 Å². The molecule has 2 aliphatic rings. The number of alkyl halides is 2. The van der Waals surface area contributed by atoms with Gasteiger partial charge in [-0.15, -0.1) is 0 Å². The van der Waals surface area contributed by atoms with Crippen molar-refractivity contribution in [2.24, 2.45) is 5.73 Å². The molecule has 11 heteroatoms. The Hall–Kier alpha value is -2.79. The second-order valence-corrected chi connectivity index (χ2v) is 13.3. The van der Waals surface area contributed by atoms with Crippen LogP contribution in [0.15, 0.2) is 65.6 Å². The topological polar surface area (TPSA) is 92.9 Å². The molecule has 0 bridgehead atoms. The second-order valence-electron chi connectivity index (χ2n) is 10.9. The fourth-order valence-electron chi connectivity index (χ4n) is 5.60. The van der Waals surface area contributed by atoms with Gasteiger partial charge in [-0.1, -0.05) is 35.9 Å². The number of halogens is 3. The largest absolute Gasteiger partial charge is 0.490 e. The molecule has 0 radical (unpaired) electrons. The fourth-order valence-corrected chi connectivity index (χ4v) is 7.08. The van der Waals surface area contributed by atoms with E-state index in [9.17, 15) is 13.2 Å². The van der Waals surface area contributed by atoms with Crippen LogP contribution in [0.5, 0.6) is 5.75 Å². The van der Waals surface area contributed by atoms with Gasteiger partial charge in [0.2, 0.25) is 15.9 Å². The summed E-state index contributed by atoms with van der Waals surface area (Å²) >= 11 is 5.91.